The molecule has 0 radical (unpaired) electrons. The number of rotatable bonds is 2. The van der Waals surface area contributed by atoms with Gasteiger partial charge in [-0.2, -0.15) is 0 Å². The van der Waals surface area contributed by atoms with Crippen molar-refractivity contribution in [3.05, 3.63) is 46.8 Å². The second-order valence-corrected chi connectivity index (χ2v) is 3.99. The zero-order chi connectivity index (χ0) is 13.4. The van der Waals surface area contributed by atoms with E-state index in [1.54, 1.807) is 24.5 Å². The van der Waals surface area contributed by atoms with Crippen molar-refractivity contribution < 1.29 is 4.92 Å². The van der Waals surface area contributed by atoms with Gasteiger partial charge in [0.1, 0.15) is 0 Å². The highest BCUT2D eigenvalue weighted by Gasteiger charge is 2.12. The predicted octanol–water partition coefficient (Wildman–Crippen LogP) is 2.12. The molecule has 0 unspecified atom stereocenters. The van der Waals surface area contributed by atoms with Crippen LogP contribution in [0.3, 0.4) is 0 Å². The number of nitrogens with one attached hydrogen (secondary N) is 1. The summed E-state index contributed by atoms with van der Waals surface area (Å²) in [7, 11) is 0. The van der Waals surface area contributed by atoms with E-state index in [0.717, 1.165) is 10.9 Å². The summed E-state index contributed by atoms with van der Waals surface area (Å²) in [5.74, 6) is 0.189. The molecule has 0 spiro atoms. The quantitative estimate of drug-likeness (QED) is 0.538. The third-order valence-electron chi connectivity index (χ3n) is 2.83. The molecule has 7 heteroatoms. The van der Waals surface area contributed by atoms with Crippen LogP contribution in [0.5, 0.6) is 0 Å². The van der Waals surface area contributed by atoms with Gasteiger partial charge in [0.15, 0.2) is 0 Å². The van der Waals surface area contributed by atoms with Gasteiger partial charge in [-0.05, 0) is 12.1 Å². The zero-order valence-electron chi connectivity index (χ0n) is 9.70. The number of nitrogens with two attached hydrogens (primary N) is 1. The molecule has 3 N–H and O–H groups in total. The van der Waals surface area contributed by atoms with E-state index in [9.17, 15) is 10.1 Å². The van der Waals surface area contributed by atoms with E-state index in [-0.39, 0.29) is 11.6 Å². The van der Waals surface area contributed by atoms with E-state index in [0.29, 0.717) is 11.2 Å². The Hall–Kier alpha value is -2.96. The monoisotopic (exact) mass is 255 g/mol. The molecule has 0 amide bonds. The Labute approximate surface area is 107 Å². The normalized spacial score (nSPS) is 10.7. The van der Waals surface area contributed by atoms with Gasteiger partial charge in [-0.1, -0.05) is 0 Å². The number of nitrogen functional groups attached to an aromatic ring is 1. The number of benzene rings is 1. The summed E-state index contributed by atoms with van der Waals surface area (Å²) in [6.07, 6.45) is 3.32. The van der Waals surface area contributed by atoms with Crippen LogP contribution in [-0.4, -0.2) is 19.9 Å². The highest BCUT2D eigenvalue weighted by atomic mass is 16.6. The maximum Gasteiger partial charge on any atom is 0.271 e. The van der Waals surface area contributed by atoms with E-state index in [1.165, 1.54) is 12.1 Å². The number of nitrogens with zero attached hydrogens (tertiary/aromatic N) is 3. The smallest absolute Gasteiger partial charge is 0.271 e. The standard InChI is InChI=1S/C12H9N5O2/c13-12-14-4-3-10(16-12)9-6-15-11-5-7(17(18)19)1-2-8(9)11/h1-6,15H,(H2,13,14,16). The lowest BCUT2D eigenvalue weighted by Crippen LogP contribution is -1.94. The van der Waals surface area contributed by atoms with Crippen molar-refractivity contribution in [2.24, 2.45) is 0 Å². The fraction of sp³-hybridized carbons (Fsp3) is 0. The minimum atomic E-state index is -0.428. The first-order chi connectivity index (χ1) is 9.15. The van der Waals surface area contributed by atoms with Crippen molar-refractivity contribution in [2.45, 2.75) is 0 Å². The molecular weight excluding hydrogens is 246 g/mol. The number of aromatic amines is 1. The fourth-order valence-electron chi connectivity index (χ4n) is 1.96. The Morgan fingerprint density at radius 3 is 2.89 bits per heavy atom. The first-order valence-corrected chi connectivity index (χ1v) is 5.49. The Morgan fingerprint density at radius 1 is 1.32 bits per heavy atom. The number of hydrogen-bond donors (Lipinski definition) is 2. The maximum atomic E-state index is 10.7. The van der Waals surface area contributed by atoms with Gasteiger partial charge in [0.2, 0.25) is 5.95 Å². The number of H-pyrrole nitrogens is 1. The molecule has 7 nitrogen and oxygen atoms in total. The molecule has 0 aliphatic carbocycles. The van der Waals surface area contributed by atoms with Crippen LogP contribution in [0.15, 0.2) is 36.7 Å². The minimum absolute atomic E-state index is 0.0445. The van der Waals surface area contributed by atoms with Gasteiger partial charge in [0, 0.05) is 35.5 Å². The highest BCUT2D eigenvalue weighted by molar-refractivity contribution is 5.95. The van der Waals surface area contributed by atoms with Crippen molar-refractivity contribution in [3.63, 3.8) is 0 Å². The van der Waals surface area contributed by atoms with Gasteiger partial charge < -0.3 is 10.7 Å². The van der Waals surface area contributed by atoms with Crippen molar-refractivity contribution in [1.82, 2.24) is 15.0 Å². The fourth-order valence-corrected chi connectivity index (χ4v) is 1.96. The molecule has 0 saturated carbocycles. The lowest BCUT2D eigenvalue weighted by Gasteiger charge is -1.99. The summed E-state index contributed by atoms with van der Waals surface area (Å²) in [5.41, 5.74) is 7.78. The molecule has 0 fully saturated rings. The highest BCUT2D eigenvalue weighted by Crippen LogP contribution is 2.29. The van der Waals surface area contributed by atoms with Crippen molar-refractivity contribution >= 4 is 22.5 Å². The molecule has 19 heavy (non-hydrogen) atoms. The number of fused-ring (bicyclic) bond motifs is 1. The molecule has 0 atom stereocenters. The molecule has 1 aromatic carbocycles. The van der Waals surface area contributed by atoms with Crippen LogP contribution >= 0.6 is 0 Å². The lowest BCUT2D eigenvalue weighted by molar-refractivity contribution is -0.384. The number of nitro groups is 1. The Balaban J connectivity index is 2.18. The van der Waals surface area contributed by atoms with E-state index in [4.69, 9.17) is 5.73 Å². The number of anilines is 1. The summed E-state index contributed by atoms with van der Waals surface area (Å²) in [5, 5.41) is 11.6. The third-order valence-corrected chi connectivity index (χ3v) is 2.83. The molecule has 3 aromatic rings. The topological polar surface area (TPSA) is 111 Å². The summed E-state index contributed by atoms with van der Waals surface area (Å²) < 4.78 is 0. The van der Waals surface area contributed by atoms with Gasteiger partial charge in [-0.3, -0.25) is 10.1 Å². The minimum Gasteiger partial charge on any atom is -0.368 e. The molecular formula is C12H9N5O2. The number of aromatic nitrogens is 3. The van der Waals surface area contributed by atoms with E-state index in [2.05, 4.69) is 15.0 Å². The van der Waals surface area contributed by atoms with Crippen LogP contribution < -0.4 is 5.73 Å². The molecule has 2 heterocycles. The van der Waals surface area contributed by atoms with Crippen LogP contribution in [-0.2, 0) is 0 Å². The summed E-state index contributed by atoms with van der Waals surface area (Å²) in [4.78, 5) is 21.3. The maximum absolute atomic E-state index is 10.7. The lowest BCUT2D eigenvalue weighted by atomic mass is 10.1. The van der Waals surface area contributed by atoms with Gasteiger partial charge in [-0.25, -0.2) is 9.97 Å². The summed E-state index contributed by atoms with van der Waals surface area (Å²) in [6, 6.07) is 6.38. The Bertz CT molecular complexity index is 781. The zero-order valence-corrected chi connectivity index (χ0v) is 9.70. The number of non-ortho nitro benzene ring substituents is 1. The van der Waals surface area contributed by atoms with Crippen LogP contribution in [0.1, 0.15) is 0 Å². The Morgan fingerprint density at radius 2 is 2.16 bits per heavy atom. The van der Waals surface area contributed by atoms with Crippen molar-refractivity contribution in [2.75, 3.05) is 5.73 Å². The first kappa shape index (κ1) is 11.1. The van der Waals surface area contributed by atoms with Gasteiger partial charge in [0.25, 0.3) is 5.69 Å². The summed E-state index contributed by atoms with van der Waals surface area (Å²) >= 11 is 0. The van der Waals surface area contributed by atoms with E-state index >= 15 is 0 Å². The van der Waals surface area contributed by atoms with Crippen LogP contribution in [0.2, 0.25) is 0 Å². The van der Waals surface area contributed by atoms with E-state index < -0.39 is 4.92 Å². The third kappa shape index (κ3) is 1.86. The first-order valence-electron chi connectivity index (χ1n) is 5.49. The SMILES string of the molecule is Nc1nccc(-c2c[nH]c3cc([N+](=O)[O-])ccc23)n1. The van der Waals surface area contributed by atoms with Crippen LogP contribution in [0, 0.1) is 10.1 Å². The largest absolute Gasteiger partial charge is 0.368 e. The van der Waals surface area contributed by atoms with Gasteiger partial charge in [-0.15, -0.1) is 0 Å². The van der Waals surface area contributed by atoms with Crippen LogP contribution in [0.25, 0.3) is 22.2 Å². The second-order valence-electron chi connectivity index (χ2n) is 3.99. The molecule has 94 valence electrons. The van der Waals surface area contributed by atoms with Gasteiger partial charge >= 0.3 is 0 Å². The molecule has 2 aromatic heterocycles. The molecule has 3 rings (SSSR count). The molecule has 0 saturated heterocycles. The van der Waals surface area contributed by atoms with E-state index in [1.807, 2.05) is 0 Å². The number of nitro benzene ring substituents is 1. The Kier molecular flexibility index (Phi) is 2.38. The summed E-state index contributed by atoms with van der Waals surface area (Å²) in [6.45, 7) is 0. The van der Waals surface area contributed by atoms with Gasteiger partial charge in [0.05, 0.1) is 16.1 Å². The molecule has 0 aliphatic rings. The predicted molar refractivity (Wildman–Crippen MR) is 70.4 cm³/mol. The van der Waals surface area contributed by atoms with Crippen LogP contribution in [0.4, 0.5) is 11.6 Å². The average molecular weight is 255 g/mol. The molecule has 0 bridgehead atoms. The average Bonchev–Trinajstić information content (AvgIpc) is 2.81. The van der Waals surface area contributed by atoms with Crippen molar-refractivity contribution in [1.29, 1.82) is 0 Å². The molecule has 0 aliphatic heterocycles. The number of hydrogen-bond acceptors (Lipinski definition) is 5. The van der Waals surface area contributed by atoms with Crippen molar-refractivity contribution in [3.8, 4) is 11.3 Å². The second kappa shape index (κ2) is 4.05.